The number of anilines is 1. The Bertz CT molecular complexity index is 1130. The Morgan fingerprint density at radius 3 is 2.61 bits per heavy atom. The molecule has 4 rings (SSSR count). The van der Waals surface area contributed by atoms with E-state index in [0.717, 1.165) is 36.4 Å². The standard InChI is InChI=1S/C23H27N3O5S2/c1-31-18-6-4-16(5-7-18)14-24-33(29,30)19-8-9-21-20(13-19)25-23(28)17(15-32-21)12-22(27)26-10-2-3-11-26/h4-9,13,17,24H,2-3,10-12,14-15H2,1H3,(H,25,28). The maximum Gasteiger partial charge on any atom is 0.240 e. The molecule has 8 nitrogen and oxygen atoms in total. The van der Waals surface area contributed by atoms with Gasteiger partial charge in [0.2, 0.25) is 21.8 Å². The molecule has 2 aliphatic heterocycles. The van der Waals surface area contributed by atoms with Crippen LogP contribution in [0.3, 0.4) is 0 Å². The molecule has 0 saturated carbocycles. The third-order valence-electron chi connectivity index (χ3n) is 5.84. The number of nitrogens with one attached hydrogen (secondary N) is 2. The molecule has 2 aromatic rings. The van der Waals surface area contributed by atoms with Gasteiger partial charge in [-0.3, -0.25) is 9.59 Å². The number of thioether (sulfide) groups is 1. The lowest BCUT2D eigenvalue weighted by Crippen LogP contribution is -2.33. The summed E-state index contributed by atoms with van der Waals surface area (Å²) in [7, 11) is -2.21. The minimum absolute atomic E-state index is 0.00482. The number of sulfonamides is 1. The van der Waals surface area contributed by atoms with Gasteiger partial charge < -0.3 is 15.0 Å². The Balaban J connectivity index is 1.42. The van der Waals surface area contributed by atoms with Crippen LogP contribution in [0.15, 0.2) is 52.3 Å². The van der Waals surface area contributed by atoms with Gasteiger partial charge in [0.25, 0.3) is 0 Å². The number of likely N-dealkylation sites (tertiary alicyclic amines) is 1. The average molecular weight is 490 g/mol. The molecule has 0 aromatic heterocycles. The normalized spacial score (nSPS) is 18.4. The summed E-state index contributed by atoms with van der Waals surface area (Å²) in [5.74, 6) is 0.463. The van der Waals surface area contributed by atoms with Crippen LogP contribution in [-0.4, -0.2) is 51.1 Å². The number of fused-ring (bicyclic) bond motifs is 1. The number of amides is 2. The second-order valence-electron chi connectivity index (χ2n) is 8.12. The number of carbonyl (C=O) groups is 2. The first-order valence-electron chi connectivity index (χ1n) is 10.8. The van der Waals surface area contributed by atoms with Crippen molar-refractivity contribution in [1.29, 1.82) is 0 Å². The number of methoxy groups -OCH3 is 1. The van der Waals surface area contributed by atoms with Gasteiger partial charge in [0.1, 0.15) is 5.75 Å². The van der Waals surface area contributed by atoms with Gasteiger partial charge in [0.05, 0.1) is 23.6 Å². The summed E-state index contributed by atoms with van der Waals surface area (Å²) in [5, 5.41) is 2.83. The minimum atomic E-state index is -3.78. The first-order valence-corrected chi connectivity index (χ1v) is 13.3. The van der Waals surface area contributed by atoms with Gasteiger partial charge in [-0.2, -0.15) is 0 Å². The van der Waals surface area contributed by atoms with Gasteiger partial charge in [-0.15, -0.1) is 11.8 Å². The monoisotopic (exact) mass is 489 g/mol. The Hall–Kier alpha value is -2.56. The molecule has 2 aromatic carbocycles. The Labute approximate surface area is 198 Å². The third kappa shape index (κ3) is 5.69. The molecule has 176 valence electrons. The molecule has 1 atom stereocenters. The van der Waals surface area contributed by atoms with Crippen LogP contribution in [0.1, 0.15) is 24.8 Å². The van der Waals surface area contributed by atoms with Crippen molar-refractivity contribution in [2.75, 3.05) is 31.3 Å². The fourth-order valence-electron chi connectivity index (χ4n) is 3.86. The summed E-state index contributed by atoms with van der Waals surface area (Å²) in [5.41, 5.74) is 1.25. The van der Waals surface area contributed by atoms with Gasteiger partial charge in [0.15, 0.2) is 0 Å². The van der Waals surface area contributed by atoms with Crippen molar-refractivity contribution in [3.63, 3.8) is 0 Å². The molecule has 1 fully saturated rings. The molecule has 0 bridgehead atoms. The predicted octanol–water partition coefficient (Wildman–Crippen LogP) is 2.85. The number of benzene rings is 2. The molecule has 1 saturated heterocycles. The molecule has 2 heterocycles. The average Bonchev–Trinajstić information content (AvgIpc) is 3.31. The molecule has 0 aliphatic carbocycles. The van der Waals surface area contributed by atoms with Gasteiger partial charge >= 0.3 is 0 Å². The fourth-order valence-corrected chi connectivity index (χ4v) is 5.99. The first kappa shape index (κ1) is 23.6. The van der Waals surface area contributed by atoms with Crippen molar-refractivity contribution in [2.45, 2.75) is 35.6 Å². The molecular weight excluding hydrogens is 462 g/mol. The van der Waals surface area contributed by atoms with Crippen molar-refractivity contribution in [3.8, 4) is 5.75 Å². The van der Waals surface area contributed by atoms with E-state index in [9.17, 15) is 18.0 Å². The lowest BCUT2D eigenvalue weighted by atomic mass is 10.1. The largest absolute Gasteiger partial charge is 0.497 e. The number of ether oxygens (including phenoxy) is 1. The van der Waals surface area contributed by atoms with E-state index in [0.29, 0.717) is 17.2 Å². The molecule has 2 amide bonds. The maximum atomic E-state index is 12.8. The highest BCUT2D eigenvalue weighted by Crippen LogP contribution is 2.35. The zero-order valence-corrected chi connectivity index (χ0v) is 20.0. The van der Waals surface area contributed by atoms with Crippen LogP contribution in [0.25, 0.3) is 0 Å². The van der Waals surface area contributed by atoms with Gasteiger partial charge in [-0.25, -0.2) is 13.1 Å². The Kier molecular flexibility index (Phi) is 7.26. The third-order valence-corrected chi connectivity index (χ3v) is 8.47. The zero-order valence-electron chi connectivity index (χ0n) is 18.4. The number of nitrogens with zero attached hydrogens (tertiary/aromatic N) is 1. The summed E-state index contributed by atoms with van der Waals surface area (Å²) >= 11 is 1.46. The molecular formula is C23H27N3O5S2. The fraction of sp³-hybridized carbons (Fsp3) is 0.391. The molecule has 1 unspecified atom stereocenters. The molecule has 2 N–H and O–H groups in total. The van der Waals surface area contributed by atoms with Crippen LogP contribution in [0.2, 0.25) is 0 Å². The van der Waals surface area contributed by atoms with Crippen LogP contribution in [0, 0.1) is 5.92 Å². The highest BCUT2D eigenvalue weighted by Gasteiger charge is 2.30. The topological polar surface area (TPSA) is 105 Å². The van der Waals surface area contributed by atoms with E-state index >= 15 is 0 Å². The summed E-state index contributed by atoms with van der Waals surface area (Å²) in [4.78, 5) is 27.9. The van der Waals surface area contributed by atoms with Crippen LogP contribution in [0.5, 0.6) is 5.75 Å². The maximum absolute atomic E-state index is 12.8. The molecule has 2 aliphatic rings. The number of rotatable bonds is 7. The van der Waals surface area contributed by atoms with E-state index in [1.807, 2.05) is 4.90 Å². The molecule has 0 spiro atoms. The molecule has 0 radical (unpaired) electrons. The summed E-state index contributed by atoms with van der Waals surface area (Å²) < 4.78 is 33.4. The van der Waals surface area contributed by atoms with Crippen LogP contribution < -0.4 is 14.8 Å². The summed E-state index contributed by atoms with van der Waals surface area (Å²) in [6.45, 7) is 1.64. The van der Waals surface area contributed by atoms with Crippen LogP contribution in [-0.2, 0) is 26.2 Å². The Morgan fingerprint density at radius 1 is 1.18 bits per heavy atom. The molecule has 10 heteroatoms. The lowest BCUT2D eigenvalue weighted by molar-refractivity contribution is -0.133. The summed E-state index contributed by atoms with van der Waals surface area (Å²) in [6.07, 6.45) is 2.18. The first-order chi connectivity index (χ1) is 15.9. The van der Waals surface area contributed by atoms with E-state index in [1.165, 1.54) is 23.9 Å². The van der Waals surface area contributed by atoms with Crippen molar-refractivity contribution >= 4 is 39.3 Å². The van der Waals surface area contributed by atoms with Crippen molar-refractivity contribution in [2.24, 2.45) is 5.92 Å². The van der Waals surface area contributed by atoms with Gasteiger partial charge in [0, 0.05) is 36.7 Å². The SMILES string of the molecule is COc1ccc(CNS(=O)(=O)c2ccc3c(c2)NC(=O)C(CC(=O)N2CCCC2)CS3)cc1. The lowest BCUT2D eigenvalue weighted by Gasteiger charge is -2.18. The van der Waals surface area contributed by atoms with Crippen molar-refractivity contribution in [3.05, 3.63) is 48.0 Å². The minimum Gasteiger partial charge on any atom is -0.497 e. The smallest absolute Gasteiger partial charge is 0.240 e. The van der Waals surface area contributed by atoms with E-state index < -0.39 is 15.9 Å². The van der Waals surface area contributed by atoms with Crippen molar-refractivity contribution < 1.29 is 22.7 Å². The predicted molar refractivity (Wildman–Crippen MR) is 127 cm³/mol. The highest BCUT2D eigenvalue weighted by molar-refractivity contribution is 7.99. The van der Waals surface area contributed by atoms with E-state index in [-0.39, 0.29) is 29.7 Å². The molecule has 33 heavy (non-hydrogen) atoms. The quantitative estimate of drug-likeness (QED) is 0.620. The number of carbonyl (C=O) groups excluding carboxylic acids is 2. The van der Waals surface area contributed by atoms with Crippen LogP contribution >= 0.6 is 11.8 Å². The number of hydrogen-bond acceptors (Lipinski definition) is 6. The number of hydrogen-bond donors (Lipinski definition) is 2. The highest BCUT2D eigenvalue weighted by atomic mass is 32.2. The summed E-state index contributed by atoms with van der Waals surface area (Å²) in [6, 6.07) is 11.8. The van der Waals surface area contributed by atoms with Crippen LogP contribution in [0.4, 0.5) is 5.69 Å². The van der Waals surface area contributed by atoms with E-state index in [1.54, 1.807) is 37.4 Å². The van der Waals surface area contributed by atoms with E-state index in [4.69, 9.17) is 4.74 Å². The second-order valence-corrected chi connectivity index (χ2v) is 10.9. The second kappa shape index (κ2) is 10.1. The Morgan fingerprint density at radius 2 is 1.91 bits per heavy atom. The zero-order chi connectivity index (χ0) is 23.4. The van der Waals surface area contributed by atoms with Gasteiger partial charge in [-0.05, 0) is 48.7 Å². The van der Waals surface area contributed by atoms with Crippen molar-refractivity contribution in [1.82, 2.24) is 9.62 Å². The van der Waals surface area contributed by atoms with E-state index in [2.05, 4.69) is 10.0 Å². The van der Waals surface area contributed by atoms with Gasteiger partial charge in [-0.1, -0.05) is 12.1 Å².